The second-order valence-corrected chi connectivity index (χ2v) is 9.38. The fraction of sp³-hybridized carbons (Fsp3) is 0.462. The van der Waals surface area contributed by atoms with Crippen molar-refractivity contribution >= 4 is 29.2 Å². The van der Waals surface area contributed by atoms with E-state index in [4.69, 9.17) is 16.3 Å². The smallest absolute Gasteiger partial charge is 0.320 e. The molecule has 35 heavy (non-hydrogen) atoms. The first kappa shape index (κ1) is 25.4. The summed E-state index contributed by atoms with van der Waals surface area (Å²) in [6.07, 6.45) is 1.68. The number of benzene rings is 2. The van der Waals surface area contributed by atoms with Crippen molar-refractivity contribution < 1.29 is 19.4 Å². The van der Waals surface area contributed by atoms with Crippen LogP contribution in [0.15, 0.2) is 48.5 Å². The molecule has 2 fully saturated rings. The van der Waals surface area contributed by atoms with Crippen molar-refractivity contribution in [2.75, 3.05) is 51.3 Å². The van der Waals surface area contributed by atoms with E-state index in [-0.39, 0.29) is 11.9 Å². The van der Waals surface area contributed by atoms with Gasteiger partial charge in [0.25, 0.3) is 0 Å². The Morgan fingerprint density at radius 1 is 1.11 bits per heavy atom. The first-order valence-electron chi connectivity index (χ1n) is 12.2. The third kappa shape index (κ3) is 6.95. The van der Waals surface area contributed by atoms with Crippen molar-refractivity contribution in [3.63, 3.8) is 0 Å². The summed E-state index contributed by atoms with van der Waals surface area (Å²) in [5, 5.41) is 17.1. The molecule has 3 amide bonds. The maximum Gasteiger partial charge on any atom is 0.320 e. The van der Waals surface area contributed by atoms with Gasteiger partial charge in [-0.3, -0.25) is 4.79 Å². The molecule has 3 N–H and O–H groups in total. The SMILES string of the molecule is O=C(Nc1ccc(CCNCC(O)c2cccc(Cl)c2)cc1)C1CCCN1C(=O)N1CCOCC1. The molecule has 2 saturated heterocycles. The van der Waals surface area contributed by atoms with Crippen LogP contribution in [0.5, 0.6) is 0 Å². The topological polar surface area (TPSA) is 94.1 Å². The van der Waals surface area contributed by atoms with Crippen LogP contribution in [0.4, 0.5) is 10.5 Å². The number of amides is 3. The largest absolute Gasteiger partial charge is 0.387 e. The lowest BCUT2D eigenvalue weighted by molar-refractivity contribution is -0.119. The molecule has 9 heteroatoms. The van der Waals surface area contributed by atoms with Gasteiger partial charge in [0, 0.05) is 36.9 Å². The van der Waals surface area contributed by atoms with E-state index in [1.54, 1.807) is 21.9 Å². The van der Waals surface area contributed by atoms with Gasteiger partial charge in [-0.25, -0.2) is 4.79 Å². The number of likely N-dealkylation sites (tertiary alicyclic amines) is 1. The summed E-state index contributed by atoms with van der Waals surface area (Å²) in [6.45, 7) is 3.98. The maximum absolute atomic E-state index is 12.9. The number of hydrogen-bond donors (Lipinski definition) is 3. The molecule has 2 atom stereocenters. The lowest BCUT2D eigenvalue weighted by Crippen LogP contribution is -2.52. The average Bonchev–Trinajstić information content (AvgIpc) is 3.38. The van der Waals surface area contributed by atoms with E-state index >= 15 is 0 Å². The number of urea groups is 1. The summed E-state index contributed by atoms with van der Waals surface area (Å²) in [5.41, 5.74) is 2.63. The highest BCUT2D eigenvalue weighted by Gasteiger charge is 2.36. The Morgan fingerprint density at radius 3 is 2.63 bits per heavy atom. The van der Waals surface area contributed by atoms with Gasteiger partial charge in [0.2, 0.25) is 5.91 Å². The van der Waals surface area contributed by atoms with Crippen LogP contribution in [0.1, 0.15) is 30.1 Å². The first-order chi connectivity index (χ1) is 17.0. The van der Waals surface area contributed by atoms with Crippen LogP contribution in [0, 0.1) is 0 Å². The number of nitrogens with one attached hydrogen (secondary N) is 2. The molecule has 0 bridgehead atoms. The second-order valence-electron chi connectivity index (χ2n) is 8.94. The number of ether oxygens (including phenoxy) is 1. The number of aliphatic hydroxyl groups is 1. The van der Waals surface area contributed by atoms with Gasteiger partial charge < -0.3 is 30.3 Å². The number of anilines is 1. The Hall–Kier alpha value is -2.65. The summed E-state index contributed by atoms with van der Waals surface area (Å²) in [7, 11) is 0. The molecule has 8 nitrogen and oxygen atoms in total. The second kappa shape index (κ2) is 12.4. The Bertz CT molecular complexity index is 997. The fourth-order valence-electron chi connectivity index (χ4n) is 4.49. The number of halogens is 1. The number of carbonyl (C=O) groups is 2. The van der Waals surface area contributed by atoms with Gasteiger partial charge in [0.1, 0.15) is 6.04 Å². The number of hydrogen-bond acceptors (Lipinski definition) is 5. The maximum atomic E-state index is 12.9. The molecule has 4 rings (SSSR count). The summed E-state index contributed by atoms with van der Waals surface area (Å²) in [6, 6.07) is 14.5. The molecule has 0 aliphatic carbocycles. The van der Waals surface area contributed by atoms with E-state index in [0.29, 0.717) is 63.1 Å². The Balaban J connectivity index is 1.22. The monoisotopic (exact) mass is 500 g/mol. The van der Waals surface area contributed by atoms with Gasteiger partial charge in [-0.15, -0.1) is 0 Å². The highest BCUT2D eigenvalue weighted by atomic mass is 35.5. The zero-order valence-electron chi connectivity index (χ0n) is 19.8. The van der Waals surface area contributed by atoms with Crippen LogP contribution in [0.2, 0.25) is 5.02 Å². The number of carbonyl (C=O) groups excluding carboxylic acids is 2. The molecule has 2 aromatic carbocycles. The minimum absolute atomic E-state index is 0.0747. The lowest BCUT2D eigenvalue weighted by Gasteiger charge is -2.33. The van der Waals surface area contributed by atoms with Crippen LogP contribution in [0.25, 0.3) is 0 Å². The van der Waals surface area contributed by atoms with E-state index in [1.165, 1.54) is 0 Å². The van der Waals surface area contributed by atoms with Crippen LogP contribution < -0.4 is 10.6 Å². The number of nitrogens with zero attached hydrogens (tertiary/aromatic N) is 2. The van der Waals surface area contributed by atoms with Crippen molar-refractivity contribution in [3.8, 4) is 0 Å². The average molecular weight is 501 g/mol. The van der Waals surface area contributed by atoms with Crippen LogP contribution in [-0.4, -0.2) is 78.8 Å². The molecular weight excluding hydrogens is 468 g/mol. The molecule has 0 spiro atoms. The Kier molecular flexibility index (Phi) is 8.98. The Morgan fingerprint density at radius 2 is 1.89 bits per heavy atom. The van der Waals surface area contributed by atoms with Gasteiger partial charge in [0.05, 0.1) is 19.3 Å². The molecule has 0 aromatic heterocycles. The predicted octanol–water partition coefficient (Wildman–Crippen LogP) is 3.06. The molecule has 0 radical (unpaired) electrons. The van der Waals surface area contributed by atoms with Crippen molar-refractivity contribution in [3.05, 3.63) is 64.7 Å². The third-order valence-electron chi connectivity index (χ3n) is 6.47. The molecule has 188 valence electrons. The molecule has 2 aliphatic rings. The van der Waals surface area contributed by atoms with E-state index in [1.807, 2.05) is 36.4 Å². The molecular formula is C26H33ClN4O4. The molecule has 2 aromatic rings. The van der Waals surface area contributed by atoms with Crippen LogP contribution >= 0.6 is 11.6 Å². The van der Waals surface area contributed by atoms with Gasteiger partial charge >= 0.3 is 6.03 Å². The summed E-state index contributed by atoms with van der Waals surface area (Å²) < 4.78 is 5.33. The van der Waals surface area contributed by atoms with Gasteiger partial charge in [-0.2, -0.15) is 0 Å². The molecule has 2 aliphatic heterocycles. The highest BCUT2D eigenvalue weighted by molar-refractivity contribution is 6.30. The zero-order chi connectivity index (χ0) is 24.6. The van der Waals surface area contributed by atoms with Gasteiger partial charge in [-0.1, -0.05) is 35.9 Å². The molecule has 0 saturated carbocycles. The van der Waals surface area contributed by atoms with E-state index < -0.39 is 12.1 Å². The first-order valence-corrected chi connectivity index (χ1v) is 12.6. The summed E-state index contributed by atoms with van der Waals surface area (Å²) in [4.78, 5) is 29.2. The van der Waals surface area contributed by atoms with Crippen LogP contribution in [0.3, 0.4) is 0 Å². The number of rotatable bonds is 8. The van der Waals surface area contributed by atoms with E-state index in [2.05, 4.69) is 10.6 Å². The quantitative estimate of drug-likeness (QED) is 0.484. The standard InChI is InChI=1S/C26H33ClN4O4/c27-21-4-1-3-20(17-21)24(32)18-28-11-10-19-6-8-22(9-7-19)29-25(33)23-5-2-12-31(23)26(34)30-13-15-35-16-14-30/h1,3-4,6-9,17,23-24,28,32H,2,5,10-16,18H2,(H,29,33). The Labute approximate surface area is 211 Å². The van der Waals surface area contributed by atoms with Gasteiger partial charge in [-0.05, 0) is 61.2 Å². The van der Waals surface area contributed by atoms with Crippen LogP contribution in [-0.2, 0) is 16.0 Å². The predicted molar refractivity (Wildman–Crippen MR) is 136 cm³/mol. The van der Waals surface area contributed by atoms with Crippen molar-refractivity contribution in [1.29, 1.82) is 0 Å². The van der Waals surface area contributed by atoms with Crippen molar-refractivity contribution in [1.82, 2.24) is 15.1 Å². The zero-order valence-corrected chi connectivity index (χ0v) is 20.5. The molecule has 2 unspecified atom stereocenters. The van der Waals surface area contributed by atoms with Crippen molar-refractivity contribution in [2.45, 2.75) is 31.4 Å². The number of aliphatic hydroxyl groups excluding tert-OH is 1. The van der Waals surface area contributed by atoms with E-state index in [9.17, 15) is 14.7 Å². The number of morpholine rings is 1. The molecule has 2 heterocycles. The minimum atomic E-state index is -0.614. The van der Waals surface area contributed by atoms with Crippen molar-refractivity contribution in [2.24, 2.45) is 0 Å². The third-order valence-corrected chi connectivity index (χ3v) is 6.70. The normalized spacial score (nSPS) is 19.0. The van der Waals surface area contributed by atoms with E-state index in [0.717, 1.165) is 24.0 Å². The highest BCUT2D eigenvalue weighted by Crippen LogP contribution is 2.22. The lowest BCUT2D eigenvalue weighted by atomic mass is 10.1. The summed E-state index contributed by atoms with van der Waals surface area (Å²) in [5.74, 6) is -0.145. The minimum Gasteiger partial charge on any atom is -0.387 e. The summed E-state index contributed by atoms with van der Waals surface area (Å²) >= 11 is 5.98. The fourth-order valence-corrected chi connectivity index (χ4v) is 4.69. The van der Waals surface area contributed by atoms with Gasteiger partial charge in [0.15, 0.2) is 0 Å².